The Balaban J connectivity index is 2.13. The number of hydrogen-bond donors (Lipinski definition) is 1. The summed E-state index contributed by atoms with van der Waals surface area (Å²) in [4.78, 5) is 22.6. The molecule has 1 aromatic carbocycles. The Morgan fingerprint density at radius 1 is 1.44 bits per heavy atom. The molecule has 8 nitrogen and oxygen atoms in total. The van der Waals surface area contributed by atoms with Gasteiger partial charge < -0.3 is 10.1 Å². The quantitative estimate of drug-likeness (QED) is 0.610. The Hall–Kier alpha value is -2.97. The zero-order valence-corrected chi connectivity index (χ0v) is 14.1. The average molecular weight is 350 g/mol. The van der Waals surface area contributed by atoms with Crippen molar-refractivity contribution in [3.05, 3.63) is 46.4 Å². The van der Waals surface area contributed by atoms with Crippen LogP contribution in [0.4, 0.5) is 15.9 Å². The molecule has 1 heterocycles. The number of benzene rings is 1. The first kappa shape index (κ1) is 18.4. The third kappa shape index (κ3) is 4.31. The zero-order valence-electron chi connectivity index (χ0n) is 14.1. The van der Waals surface area contributed by atoms with E-state index in [2.05, 4.69) is 10.4 Å². The van der Waals surface area contributed by atoms with E-state index in [9.17, 15) is 19.3 Å². The molecule has 1 amide bonds. The van der Waals surface area contributed by atoms with Gasteiger partial charge in [-0.2, -0.15) is 5.10 Å². The third-order valence-electron chi connectivity index (χ3n) is 3.72. The molecule has 0 aliphatic heterocycles. The van der Waals surface area contributed by atoms with Crippen LogP contribution in [-0.2, 0) is 4.79 Å². The van der Waals surface area contributed by atoms with Crippen molar-refractivity contribution in [1.29, 1.82) is 0 Å². The van der Waals surface area contributed by atoms with E-state index in [0.717, 1.165) is 24.6 Å². The number of carbonyl (C=O) groups excluding carboxylic acids is 1. The molecule has 0 aliphatic carbocycles. The number of rotatable bonds is 7. The topological polar surface area (TPSA) is 99.3 Å². The van der Waals surface area contributed by atoms with Gasteiger partial charge in [0, 0.05) is 18.2 Å². The van der Waals surface area contributed by atoms with Crippen molar-refractivity contribution in [2.24, 2.45) is 0 Å². The molecule has 2 atom stereocenters. The molecular formula is C16H19FN4O4. The number of amides is 1. The molecule has 0 saturated heterocycles. The van der Waals surface area contributed by atoms with Gasteiger partial charge in [-0.25, -0.2) is 9.07 Å². The van der Waals surface area contributed by atoms with Crippen LogP contribution in [0.15, 0.2) is 30.5 Å². The summed E-state index contributed by atoms with van der Waals surface area (Å²) in [6.45, 7) is 5.37. The molecule has 0 saturated carbocycles. The van der Waals surface area contributed by atoms with Gasteiger partial charge in [-0.15, -0.1) is 0 Å². The fourth-order valence-corrected chi connectivity index (χ4v) is 2.14. The number of nitrogens with one attached hydrogen (secondary N) is 1. The first-order valence-corrected chi connectivity index (χ1v) is 7.78. The highest BCUT2D eigenvalue weighted by Gasteiger charge is 2.23. The van der Waals surface area contributed by atoms with Crippen molar-refractivity contribution >= 4 is 17.4 Å². The van der Waals surface area contributed by atoms with E-state index >= 15 is 0 Å². The van der Waals surface area contributed by atoms with Gasteiger partial charge in [0.15, 0.2) is 6.10 Å². The summed E-state index contributed by atoms with van der Waals surface area (Å²) < 4.78 is 20.3. The van der Waals surface area contributed by atoms with Crippen molar-refractivity contribution in [3.63, 3.8) is 0 Å². The van der Waals surface area contributed by atoms with E-state index in [0.29, 0.717) is 5.82 Å². The Bertz CT molecular complexity index is 777. The maximum atomic E-state index is 13.3. The molecular weight excluding hydrogens is 331 g/mol. The van der Waals surface area contributed by atoms with Crippen LogP contribution in [0.5, 0.6) is 5.75 Å². The van der Waals surface area contributed by atoms with E-state index in [1.165, 1.54) is 6.92 Å². The van der Waals surface area contributed by atoms with Crippen molar-refractivity contribution in [1.82, 2.24) is 9.78 Å². The SMILES string of the molecule is CC[C@H](C)n1nccc1NC(=O)[C@@H](C)Oc1cc(F)ccc1[N+](=O)[O-]. The summed E-state index contributed by atoms with van der Waals surface area (Å²) in [5.41, 5.74) is -0.411. The normalized spacial score (nSPS) is 13.1. The van der Waals surface area contributed by atoms with E-state index in [-0.39, 0.29) is 11.8 Å². The summed E-state index contributed by atoms with van der Waals surface area (Å²) >= 11 is 0. The van der Waals surface area contributed by atoms with Crippen LogP contribution in [-0.4, -0.2) is 26.7 Å². The first-order chi connectivity index (χ1) is 11.8. The fourth-order valence-electron chi connectivity index (χ4n) is 2.14. The molecule has 1 aromatic heterocycles. The lowest BCUT2D eigenvalue weighted by Crippen LogP contribution is -2.31. The van der Waals surface area contributed by atoms with Crippen LogP contribution in [0.2, 0.25) is 0 Å². The van der Waals surface area contributed by atoms with E-state index < -0.39 is 28.4 Å². The molecule has 0 radical (unpaired) electrons. The third-order valence-corrected chi connectivity index (χ3v) is 3.72. The lowest BCUT2D eigenvalue weighted by atomic mass is 10.2. The second kappa shape index (κ2) is 7.73. The molecule has 0 fully saturated rings. The second-order valence-corrected chi connectivity index (χ2v) is 5.54. The standard InChI is InChI=1S/C16H19FN4O4/c1-4-10(2)20-15(7-8-18-20)19-16(22)11(3)25-14-9-12(17)5-6-13(14)21(23)24/h5-11H,4H2,1-3H3,(H,19,22)/t10-,11+/m0/s1. The van der Waals surface area contributed by atoms with Crippen LogP contribution < -0.4 is 10.1 Å². The predicted octanol–water partition coefficient (Wildman–Crippen LogP) is 3.31. The molecule has 134 valence electrons. The monoisotopic (exact) mass is 350 g/mol. The number of carbonyl (C=O) groups is 1. The first-order valence-electron chi connectivity index (χ1n) is 7.78. The zero-order chi connectivity index (χ0) is 18.6. The highest BCUT2D eigenvalue weighted by atomic mass is 19.1. The van der Waals surface area contributed by atoms with Gasteiger partial charge in [0.1, 0.15) is 11.6 Å². The molecule has 2 rings (SSSR count). The van der Waals surface area contributed by atoms with Gasteiger partial charge in [0.05, 0.1) is 17.2 Å². The van der Waals surface area contributed by atoms with Crippen LogP contribution in [0.25, 0.3) is 0 Å². The van der Waals surface area contributed by atoms with Crippen molar-refractivity contribution in [2.45, 2.75) is 39.3 Å². The van der Waals surface area contributed by atoms with Crippen molar-refractivity contribution < 1.29 is 18.8 Å². The highest BCUT2D eigenvalue weighted by molar-refractivity contribution is 5.93. The van der Waals surface area contributed by atoms with Gasteiger partial charge in [-0.1, -0.05) is 6.92 Å². The summed E-state index contributed by atoms with van der Waals surface area (Å²) in [7, 11) is 0. The molecule has 9 heteroatoms. The van der Waals surface area contributed by atoms with Gasteiger partial charge >= 0.3 is 5.69 Å². The number of anilines is 1. The lowest BCUT2D eigenvalue weighted by molar-refractivity contribution is -0.386. The van der Waals surface area contributed by atoms with Gasteiger partial charge in [-0.05, 0) is 26.3 Å². The molecule has 0 bridgehead atoms. The maximum absolute atomic E-state index is 13.3. The molecule has 0 aliphatic rings. The van der Waals surface area contributed by atoms with E-state index in [1.54, 1.807) is 16.9 Å². The number of ether oxygens (including phenoxy) is 1. The maximum Gasteiger partial charge on any atom is 0.311 e. The number of nitrogens with zero attached hydrogens (tertiary/aromatic N) is 3. The summed E-state index contributed by atoms with van der Waals surface area (Å²) in [5.74, 6) is -1.03. The number of nitro groups is 1. The summed E-state index contributed by atoms with van der Waals surface area (Å²) in [6.07, 6.45) is 1.32. The van der Waals surface area contributed by atoms with Crippen molar-refractivity contribution in [3.8, 4) is 5.75 Å². The summed E-state index contributed by atoms with van der Waals surface area (Å²) in [5, 5.41) is 17.8. The van der Waals surface area contributed by atoms with Crippen molar-refractivity contribution in [2.75, 3.05) is 5.32 Å². The molecule has 0 unspecified atom stereocenters. The molecule has 0 spiro atoms. The Kier molecular flexibility index (Phi) is 5.68. The number of hydrogen-bond acceptors (Lipinski definition) is 5. The van der Waals surface area contributed by atoms with Crippen LogP contribution in [0.3, 0.4) is 0 Å². The van der Waals surface area contributed by atoms with E-state index in [4.69, 9.17) is 4.74 Å². The minimum absolute atomic E-state index is 0.0887. The van der Waals surface area contributed by atoms with Gasteiger partial charge in [-0.3, -0.25) is 14.9 Å². The molecule has 2 aromatic rings. The van der Waals surface area contributed by atoms with Crippen LogP contribution in [0.1, 0.15) is 33.2 Å². The average Bonchev–Trinajstić information content (AvgIpc) is 3.01. The smallest absolute Gasteiger partial charge is 0.311 e. The minimum Gasteiger partial charge on any atom is -0.474 e. The summed E-state index contributed by atoms with van der Waals surface area (Å²) in [6, 6.07) is 4.56. The Morgan fingerprint density at radius 2 is 2.16 bits per heavy atom. The highest BCUT2D eigenvalue weighted by Crippen LogP contribution is 2.28. The van der Waals surface area contributed by atoms with Crippen LogP contribution in [0, 0.1) is 15.9 Å². The second-order valence-electron chi connectivity index (χ2n) is 5.54. The minimum atomic E-state index is -1.07. The largest absolute Gasteiger partial charge is 0.474 e. The van der Waals surface area contributed by atoms with Crippen LogP contribution >= 0.6 is 0 Å². The van der Waals surface area contributed by atoms with E-state index in [1.807, 2.05) is 13.8 Å². The lowest BCUT2D eigenvalue weighted by Gasteiger charge is -2.17. The Labute approximate surface area is 143 Å². The molecule has 1 N–H and O–H groups in total. The van der Waals surface area contributed by atoms with Gasteiger partial charge in [0.25, 0.3) is 5.91 Å². The number of nitro benzene ring substituents is 1. The van der Waals surface area contributed by atoms with Gasteiger partial charge in [0.2, 0.25) is 5.75 Å². The fraction of sp³-hybridized carbons (Fsp3) is 0.375. The number of aromatic nitrogens is 2. The molecule has 25 heavy (non-hydrogen) atoms. The Morgan fingerprint density at radius 3 is 2.80 bits per heavy atom. The number of halogens is 1. The predicted molar refractivity (Wildman–Crippen MR) is 89.0 cm³/mol.